The maximum absolute atomic E-state index is 12.0. The number of alkyl halides is 2. The number of rotatable bonds is 7. The summed E-state index contributed by atoms with van der Waals surface area (Å²) >= 11 is 12.6. The monoisotopic (exact) mass is 334 g/mol. The van der Waals surface area contributed by atoms with Crippen LogP contribution in [0.5, 0.6) is 0 Å². The third-order valence-corrected chi connectivity index (χ3v) is 6.59. The Labute approximate surface area is 138 Å². The van der Waals surface area contributed by atoms with Gasteiger partial charge < -0.3 is 4.74 Å². The molecule has 122 valence electrons. The van der Waals surface area contributed by atoms with Crippen LogP contribution in [-0.2, 0) is 9.53 Å². The molecular formula is C17H28Cl2O2. The maximum atomic E-state index is 12.0. The van der Waals surface area contributed by atoms with Crippen LogP contribution in [0, 0.1) is 17.8 Å². The summed E-state index contributed by atoms with van der Waals surface area (Å²) < 4.78 is 4.32. The fourth-order valence-corrected chi connectivity index (χ4v) is 4.99. The minimum Gasteiger partial charge on any atom is -0.381 e. The van der Waals surface area contributed by atoms with Crippen molar-refractivity contribution < 1.29 is 9.53 Å². The average molecular weight is 335 g/mol. The Balaban J connectivity index is 1.80. The number of Topliss-reactive ketones (excluding diaryl/α,β-unsaturated/α-hetero) is 1. The summed E-state index contributed by atoms with van der Waals surface area (Å²) in [6.45, 7) is 2.17. The van der Waals surface area contributed by atoms with Gasteiger partial charge in [0, 0.05) is 19.4 Å². The van der Waals surface area contributed by atoms with Crippen molar-refractivity contribution in [2.45, 2.75) is 75.1 Å². The third kappa shape index (κ3) is 3.95. The highest BCUT2D eigenvalue weighted by Crippen LogP contribution is 2.54. The highest BCUT2D eigenvalue weighted by atomic mass is 35.5. The quantitative estimate of drug-likeness (QED) is 0.475. The average Bonchev–Trinajstić information content (AvgIpc) is 2.71. The number of ketones is 1. The Hall–Kier alpha value is 0.210. The molecule has 4 heteroatoms. The van der Waals surface area contributed by atoms with Crippen LogP contribution in [0.2, 0.25) is 0 Å². The van der Waals surface area contributed by atoms with Crippen molar-refractivity contribution >= 4 is 29.0 Å². The summed E-state index contributed by atoms with van der Waals surface area (Å²) in [6.07, 6.45) is 10.3. The molecule has 2 fully saturated rings. The van der Waals surface area contributed by atoms with Gasteiger partial charge in [-0.25, -0.2) is 0 Å². The van der Waals surface area contributed by atoms with Gasteiger partial charge in [0.05, 0.1) is 6.10 Å². The van der Waals surface area contributed by atoms with Gasteiger partial charge in [-0.1, -0.05) is 62.2 Å². The number of halogens is 2. The number of hydrogen-bond donors (Lipinski definition) is 0. The molecule has 21 heavy (non-hydrogen) atoms. The molecule has 0 N–H and O–H groups in total. The highest BCUT2D eigenvalue weighted by molar-refractivity contribution is 6.59. The van der Waals surface area contributed by atoms with Crippen molar-refractivity contribution in [3.8, 4) is 0 Å². The molecule has 0 aromatic carbocycles. The van der Waals surface area contributed by atoms with Gasteiger partial charge in [-0.15, -0.1) is 0 Å². The van der Waals surface area contributed by atoms with E-state index in [-0.39, 0.29) is 11.7 Å². The lowest BCUT2D eigenvalue weighted by molar-refractivity contribution is -0.118. The molecule has 0 aliphatic heterocycles. The van der Waals surface area contributed by atoms with Gasteiger partial charge in [0.25, 0.3) is 0 Å². The van der Waals surface area contributed by atoms with Gasteiger partial charge in [0.2, 0.25) is 0 Å². The molecule has 0 aromatic rings. The lowest BCUT2D eigenvalue weighted by atomic mass is 9.72. The molecule has 0 spiro atoms. The fraction of sp³-hybridized carbons (Fsp3) is 0.941. The van der Waals surface area contributed by atoms with Crippen LogP contribution in [0.4, 0.5) is 0 Å². The first-order valence-corrected chi connectivity index (χ1v) is 9.20. The topological polar surface area (TPSA) is 26.3 Å². The second-order valence-corrected chi connectivity index (χ2v) is 8.15. The minimum absolute atomic E-state index is 0.0539. The number of carbonyl (C=O) groups is 1. The van der Waals surface area contributed by atoms with E-state index in [2.05, 4.69) is 6.92 Å². The molecule has 2 aliphatic rings. The predicted molar refractivity (Wildman–Crippen MR) is 87.9 cm³/mol. The molecule has 0 bridgehead atoms. The van der Waals surface area contributed by atoms with Crippen molar-refractivity contribution in [1.82, 2.24) is 0 Å². The molecule has 2 nitrogen and oxygen atoms in total. The predicted octanol–water partition coefficient (Wildman–Crippen LogP) is 5.15. The van der Waals surface area contributed by atoms with Gasteiger partial charge in [0.15, 0.2) is 10.1 Å². The number of methoxy groups -OCH3 is 1. The largest absolute Gasteiger partial charge is 0.381 e. The van der Waals surface area contributed by atoms with E-state index in [9.17, 15) is 4.79 Å². The van der Waals surface area contributed by atoms with E-state index in [4.69, 9.17) is 27.9 Å². The fourth-order valence-electron chi connectivity index (χ4n) is 4.30. The van der Waals surface area contributed by atoms with Crippen LogP contribution in [0.15, 0.2) is 0 Å². The second kappa shape index (κ2) is 7.66. The van der Waals surface area contributed by atoms with E-state index < -0.39 is 4.33 Å². The number of unbranched alkanes of at least 4 members (excludes halogenated alkanes) is 1. The Kier molecular flexibility index (Phi) is 6.40. The van der Waals surface area contributed by atoms with Crippen LogP contribution >= 0.6 is 23.2 Å². The SMILES string of the molecule is CCC(CCCCC1CCCC2C1CC(=O)C2(Cl)Cl)OC. The molecule has 2 saturated carbocycles. The first-order chi connectivity index (χ1) is 10.0. The molecule has 4 atom stereocenters. The zero-order valence-corrected chi connectivity index (χ0v) is 14.8. The van der Waals surface area contributed by atoms with Crippen LogP contribution in [0.25, 0.3) is 0 Å². The van der Waals surface area contributed by atoms with Gasteiger partial charge in [-0.2, -0.15) is 0 Å². The lowest BCUT2D eigenvalue weighted by Crippen LogP contribution is -2.33. The molecule has 0 radical (unpaired) electrons. The van der Waals surface area contributed by atoms with Gasteiger partial charge in [-0.05, 0) is 31.1 Å². The van der Waals surface area contributed by atoms with Crippen molar-refractivity contribution in [2.24, 2.45) is 17.8 Å². The normalized spacial score (nSPS) is 33.0. The zero-order chi connectivity index (χ0) is 15.5. The lowest BCUT2D eigenvalue weighted by Gasteiger charge is -2.36. The Morgan fingerprint density at radius 2 is 2.10 bits per heavy atom. The number of carbonyl (C=O) groups excluding carboxylic acids is 1. The maximum Gasteiger partial charge on any atom is 0.178 e. The van der Waals surface area contributed by atoms with E-state index in [0.29, 0.717) is 24.4 Å². The summed E-state index contributed by atoms with van der Waals surface area (Å²) in [5.74, 6) is 1.30. The number of ether oxygens (including phenoxy) is 1. The Bertz CT molecular complexity index is 353. The Morgan fingerprint density at radius 3 is 2.76 bits per heavy atom. The number of hydrogen-bond acceptors (Lipinski definition) is 2. The summed E-state index contributed by atoms with van der Waals surface area (Å²) in [5.41, 5.74) is 0. The summed E-state index contributed by atoms with van der Waals surface area (Å²) in [4.78, 5) is 12.0. The molecule has 0 amide bonds. The summed E-state index contributed by atoms with van der Waals surface area (Å²) in [5, 5.41) is 0. The van der Waals surface area contributed by atoms with Gasteiger partial charge in [-0.3, -0.25) is 4.79 Å². The second-order valence-electron chi connectivity index (χ2n) is 6.76. The molecule has 0 heterocycles. The van der Waals surface area contributed by atoms with E-state index in [1.165, 1.54) is 25.7 Å². The molecule has 2 aliphatic carbocycles. The minimum atomic E-state index is -1.10. The molecule has 0 aromatic heterocycles. The van der Waals surface area contributed by atoms with Crippen LogP contribution in [-0.4, -0.2) is 23.3 Å². The van der Waals surface area contributed by atoms with Crippen molar-refractivity contribution in [3.63, 3.8) is 0 Å². The smallest absolute Gasteiger partial charge is 0.178 e. The van der Waals surface area contributed by atoms with Crippen molar-refractivity contribution in [2.75, 3.05) is 7.11 Å². The van der Waals surface area contributed by atoms with E-state index in [1.807, 2.05) is 0 Å². The zero-order valence-electron chi connectivity index (χ0n) is 13.2. The first-order valence-electron chi connectivity index (χ1n) is 8.44. The molecular weight excluding hydrogens is 307 g/mol. The summed E-state index contributed by atoms with van der Waals surface area (Å²) in [7, 11) is 1.80. The molecule has 0 saturated heterocycles. The van der Waals surface area contributed by atoms with E-state index in [0.717, 1.165) is 25.7 Å². The van der Waals surface area contributed by atoms with Gasteiger partial charge in [0.1, 0.15) is 0 Å². The summed E-state index contributed by atoms with van der Waals surface area (Å²) in [6, 6.07) is 0. The first kappa shape index (κ1) is 17.6. The highest BCUT2D eigenvalue weighted by Gasteiger charge is 2.55. The Morgan fingerprint density at radius 1 is 1.33 bits per heavy atom. The third-order valence-electron chi connectivity index (χ3n) is 5.61. The molecule has 4 unspecified atom stereocenters. The van der Waals surface area contributed by atoms with Crippen LogP contribution in [0.3, 0.4) is 0 Å². The van der Waals surface area contributed by atoms with Gasteiger partial charge >= 0.3 is 0 Å². The van der Waals surface area contributed by atoms with Crippen LogP contribution < -0.4 is 0 Å². The van der Waals surface area contributed by atoms with E-state index in [1.54, 1.807) is 7.11 Å². The number of fused-ring (bicyclic) bond motifs is 1. The van der Waals surface area contributed by atoms with Crippen LogP contribution in [0.1, 0.15) is 64.7 Å². The van der Waals surface area contributed by atoms with Crippen molar-refractivity contribution in [1.29, 1.82) is 0 Å². The van der Waals surface area contributed by atoms with Crippen molar-refractivity contribution in [3.05, 3.63) is 0 Å². The standard InChI is InChI=1S/C17H28Cl2O2/c1-3-13(21-2)9-5-4-7-12-8-6-10-15-14(12)11-16(20)17(15,18)19/h12-15H,3-11H2,1-2H3. The van der Waals surface area contributed by atoms with E-state index >= 15 is 0 Å². The molecule has 2 rings (SSSR count).